The molecule has 1 aromatic heterocycles. The van der Waals surface area contributed by atoms with Crippen molar-refractivity contribution < 1.29 is 9.47 Å². The number of hydrogen-bond acceptors (Lipinski definition) is 5. The molecule has 2 N–H and O–H groups in total. The third-order valence-electron chi connectivity index (χ3n) is 2.97. The molecule has 1 heterocycles. The lowest BCUT2D eigenvalue weighted by Crippen LogP contribution is -2.18. The Hall–Kier alpha value is -2.03. The third-order valence-corrected chi connectivity index (χ3v) is 4.08. The quantitative estimate of drug-likeness (QED) is 0.918. The van der Waals surface area contributed by atoms with E-state index in [1.165, 1.54) is 0 Å². The molecule has 2 aromatic rings. The van der Waals surface area contributed by atoms with E-state index in [1.54, 1.807) is 36.6 Å². The molecular weight excluding hydrogens is 272 g/mol. The van der Waals surface area contributed by atoms with Crippen molar-refractivity contribution in [3.63, 3.8) is 0 Å². The highest BCUT2D eigenvalue weighted by atomic mass is 32.1. The minimum Gasteiger partial charge on any atom is -0.493 e. The van der Waals surface area contributed by atoms with E-state index in [0.29, 0.717) is 23.6 Å². The van der Waals surface area contributed by atoms with E-state index in [-0.39, 0.29) is 6.10 Å². The summed E-state index contributed by atoms with van der Waals surface area (Å²) in [6.07, 6.45) is -0.211. The lowest BCUT2D eigenvalue weighted by atomic mass is 10.2. The number of benzene rings is 1. The van der Waals surface area contributed by atoms with Crippen LogP contribution in [-0.4, -0.2) is 13.7 Å². The lowest BCUT2D eigenvalue weighted by molar-refractivity contribution is 0.207. The van der Waals surface area contributed by atoms with E-state index >= 15 is 0 Å². The number of thiophene rings is 1. The molecule has 0 bridgehead atoms. The molecule has 0 amide bonds. The van der Waals surface area contributed by atoms with Crippen LogP contribution in [0.2, 0.25) is 0 Å². The van der Waals surface area contributed by atoms with Gasteiger partial charge in [-0.05, 0) is 36.1 Å². The van der Waals surface area contributed by atoms with Crippen LogP contribution < -0.4 is 15.2 Å². The van der Waals surface area contributed by atoms with Gasteiger partial charge in [-0.1, -0.05) is 0 Å². The van der Waals surface area contributed by atoms with Crippen LogP contribution in [0.3, 0.4) is 0 Å². The molecule has 104 valence electrons. The summed E-state index contributed by atoms with van der Waals surface area (Å²) in [4.78, 5) is 1.11. The smallest absolute Gasteiger partial charge is 0.162 e. The lowest BCUT2D eigenvalue weighted by Gasteiger charge is -2.19. The fraction of sp³-hybridized carbons (Fsp3) is 0.267. The summed E-state index contributed by atoms with van der Waals surface area (Å²) in [5, 5.41) is 10.9. The Kier molecular flexibility index (Phi) is 4.61. The van der Waals surface area contributed by atoms with Crippen molar-refractivity contribution in [2.75, 3.05) is 13.7 Å². The fourth-order valence-corrected chi connectivity index (χ4v) is 2.88. The van der Waals surface area contributed by atoms with E-state index in [9.17, 15) is 0 Å². The summed E-state index contributed by atoms with van der Waals surface area (Å²) in [5.74, 6) is 1.13. The summed E-state index contributed by atoms with van der Waals surface area (Å²) in [7, 11) is 1.55. The number of methoxy groups -OCH3 is 1. The van der Waals surface area contributed by atoms with Crippen LogP contribution in [0.5, 0.6) is 11.5 Å². The van der Waals surface area contributed by atoms with Crippen molar-refractivity contribution in [3.05, 3.63) is 45.6 Å². The Labute approximate surface area is 122 Å². The average molecular weight is 288 g/mol. The first-order chi connectivity index (χ1) is 9.69. The first-order valence-corrected chi connectivity index (χ1v) is 7.06. The summed E-state index contributed by atoms with van der Waals surface area (Å²) in [6, 6.07) is 9.22. The predicted octanol–water partition coefficient (Wildman–Crippen LogP) is 3.02. The van der Waals surface area contributed by atoms with E-state index in [0.717, 1.165) is 10.4 Å². The molecule has 20 heavy (non-hydrogen) atoms. The first kappa shape index (κ1) is 14.4. The van der Waals surface area contributed by atoms with Crippen molar-refractivity contribution in [1.29, 1.82) is 5.26 Å². The fourth-order valence-electron chi connectivity index (χ4n) is 1.91. The third kappa shape index (κ3) is 2.93. The molecule has 0 saturated heterocycles. The maximum absolute atomic E-state index is 8.90. The van der Waals surface area contributed by atoms with E-state index < -0.39 is 0 Å². The zero-order valence-corrected chi connectivity index (χ0v) is 12.2. The van der Waals surface area contributed by atoms with Gasteiger partial charge in [0.1, 0.15) is 6.10 Å². The zero-order valence-electron chi connectivity index (χ0n) is 11.4. The van der Waals surface area contributed by atoms with Gasteiger partial charge in [0.05, 0.1) is 18.7 Å². The normalized spacial score (nSPS) is 11.7. The Morgan fingerprint density at radius 2 is 2.15 bits per heavy atom. The van der Waals surface area contributed by atoms with Crippen LogP contribution in [0.4, 0.5) is 0 Å². The van der Waals surface area contributed by atoms with Crippen molar-refractivity contribution >= 4 is 11.3 Å². The molecule has 0 aliphatic rings. The van der Waals surface area contributed by atoms with Gasteiger partial charge in [0, 0.05) is 17.5 Å². The standard InChI is InChI=1S/C15H16N2O2S/c1-10-5-6-20-15(10)14(9-17)19-12-4-3-11(8-16)7-13(12)18-2/h3-7,14H,9,17H2,1-2H3. The molecule has 5 heteroatoms. The van der Waals surface area contributed by atoms with Crippen LogP contribution >= 0.6 is 11.3 Å². The molecule has 0 aliphatic carbocycles. The van der Waals surface area contributed by atoms with Gasteiger partial charge in [-0.2, -0.15) is 5.26 Å². The second kappa shape index (κ2) is 6.42. The van der Waals surface area contributed by atoms with Crippen LogP contribution in [0.15, 0.2) is 29.6 Å². The predicted molar refractivity (Wildman–Crippen MR) is 79.2 cm³/mol. The maximum Gasteiger partial charge on any atom is 0.162 e. The molecule has 2 rings (SSSR count). The maximum atomic E-state index is 8.90. The molecule has 1 atom stereocenters. The SMILES string of the molecule is COc1cc(C#N)ccc1OC(CN)c1sccc1C. The summed E-state index contributed by atoms with van der Waals surface area (Å²) in [6.45, 7) is 2.42. The van der Waals surface area contributed by atoms with Crippen molar-refractivity contribution in [2.24, 2.45) is 5.73 Å². The van der Waals surface area contributed by atoms with Gasteiger partial charge in [-0.15, -0.1) is 11.3 Å². The molecule has 4 nitrogen and oxygen atoms in total. The van der Waals surface area contributed by atoms with Crippen molar-refractivity contribution in [3.8, 4) is 17.6 Å². The van der Waals surface area contributed by atoms with Gasteiger partial charge in [0.2, 0.25) is 0 Å². The van der Waals surface area contributed by atoms with E-state index in [1.807, 2.05) is 18.4 Å². The summed E-state index contributed by atoms with van der Waals surface area (Å²) >= 11 is 1.62. The Morgan fingerprint density at radius 3 is 2.70 bits per heavy atom. The van der Waals surface area contributed by atoms with Gasteiger partial charge in [0.15, 0.2) is 11.5 Å². The van der Waals surface area contributed by atoms with Gasteiger partial charge < -0.3 is 15.2 Å². The monoisotopic (exact) mass is 288 g/mol. The zero-order chi connectivity index (χ0) is 14.5. The highest BCUT2D eigenvalue weighted by Crippen LogP contribution is 2.34. The van der Waals surface area contributed by atoms with E-state index in [4.69, 9.17) is 20.5 Å². The molecule has 0 saturated carbocycles. The van der Waals surface area contributed by atoms with Gasteiger partial charge in [-0.25, -0.2) is 0 Å². The van der Waals surface area contributed by atoms with Crippen LogP contribution in [0.1, 0.15) is 22.1 Å². The molecular formula is C15H16N2O2S. The Bertz CT molecular complexity index is 631. The molecule has 0 aliphatic heterocycles. The molecule has 1 aromatic carbocycles. The van der Waals surface area contributed by atoms with E-state index in [2.05, 4.69) is 6.07 Å². The van der Waals surface area contributed by atoms with Crippen LogP contribution in [0.25, 0.3) is 0 Å². The summed E-state index contributed by atoms with van der Waals surface area (Å²) in [5.41, 5.74) is 7.51. The summed E-state index contributed by atoms with van der Waals surface area (Å²) < 4.78 is 11.2. The molecule has 0 spiro atoms. The topological polar surface area (TPSA) is 68.3 Å². The molecule has 0 radical (unpaired) electrons. The van der Waals surface area contributed by atoms with Crippen molar-refractivity contribution in [1.82, 2.24) is 0 Å². The van der Waals surface area contributed by atoms with Gasteiger partial charge in [0.25, 0.3) is 0 Å². The van der Waals surface area contributed by atoms with Gasteiger partial charge >= 0.3 is 0 Å². The number of aryl methyl sites for hydroxylation is 1. The Balaban J connectivity index is 2.28. The minimum absolute atomic E-state index is 0.211. The van der Waals surface area contributed by atoms with Crippen molar-refractivity contribution in [2.45, 2.75) is 13.0 Å². The molecule has 1 unspecified atom stereocenters. The van der Waals surface area contributed by atoms with Gasteiger partial charge in [-0.3, -0.25) is 0 Å². The number of hydrogen-bond donors (Lipinski definition) is 1. The number of nitriles is 1. The van der Waals surface area contributed by atoms with Crippen LogP contribution in [0, 0.1) is 18.3 Å². The number of rotatable bonds is 5. The number of ether oxygens (including phenoxy) is 2. The van der Waals surface area contributed by atoms with Crippen LogP contribution in [-0.2, 0) is 0 Å². The highest BCUT2D eigenvalue weighted by molar-refractivity contribution is 7.10. The highest BCUT2D eigenvalue weighted by Gasteiger charge is 2.17. The minimum atomic E-state index is -0.211. The second-order valence-electron chi connectivity index (χ2n) is 4.29. The largest absolute Gasteiger partial charge is 0.493 e. The molecule has 0 fully saturated rings. The second-order valence-corrected chi connectivity index (χ2v) is 5.24. The first-order valence-electron chi connectivity index (χ1n) is 6.18. The average Bonchev–Trinajstić information content (AvgIpc) is 2.90. The number of nitrogens with zero attached hydrogens (tertiary/aromatic N) is 1. The number of nitrogens with two attached hydrogens (primary N) is 1. The Morgan fingerprint density at radius 1 is 1.35 bits per heavy atom.